The Bertz CT molecular complexity index is 658. The molecule has 92 valence electrons. The van der Waals surface area contributed by atoms with Gasteiger partial charge in [0.1, 0.15) is 11.6 Å². The number of benzene rings is 1. The third kappa shape index (κ3) is 1.92. The average Bonchev–Trinajstić information content (AvgIpc) is 2.95. The van der Waals surface area contributed by atoms with Crippen molar-refractivity contribution >= 4 is 17.0 Å². The van der Waals surface area contributed by atoms with E-state index in [9.17, 15) is 4.39 Å². The maximum Gasteiger partial charge on any atom is 0.201 e. The molecular formula is C12H12FN5. The number of halogens is 1. The number of H-pyrrole nitrogens is 2. The van der Waals surface area contributed by atoms with E-state index in [1.54, 1.807) is 18.5 Å². The zero-order valence-corrected chi connectivity index (χ0v) is 9.74. The molecule has 3 N–H and O–H groups in total. The summed E-state index contributed by atoms with van der Waals surface area (Å²) in [5.74, 6) is 1.14. The molecule has 0 bridgehead atoms. The molecular weight excluding hydrogens is 233 g/mol. The van der Waals surface area contributed by atoms with E-state index in [4.69, 9.17) is 0 Å². The summed E-state index contributed by atoms with van der Waals surface area (Å²) in [6.07, 6.45) is 3.46. The summed E-state index contributed by atoms with van der Waals surface area (Å²) in [6, 6.07) is 4.45. The molecule has 0 amide bonds. The molecule has 3 rings (SSSR count). The Balaban J connectivity index is 1.86. The summed E-state index contributed by atoms with van der Waals surface area (Å²) in [4.78, 5) is 14.5. The smallest absolute Gasteiger partial charge is 0.201 e. The van der Waals surface area contributed by atoms with Crippen molar-refractivity contribution in [3.63, 3.8) is 0 Å². The van der Waals surface area contributed by atoms with Crippen LogP contribution in [0.5, 0.6) is 0 Å². The van der Waals surface area contributed by atoms with Crippen LogP contribution in [0.3, 0.4) is 0 Å². The average molecular weight is 245 g/mol. The first-order valence-corrected chi connectivity index (χ1v) is 5.63. The van der Waals surface area contributed by atoms with E-state index in [1.807, 2.05) is 6.92 Å². The van der Waals surface area contributed by atoms with Gasteiger partial charge in [-0.15, -0.1) is 0 Å². The molecule has 1 atom stereocenters. The van der Waals surface area contributed by atoms with Gasteiger partial charge < -0.3 is 15.3 Å². The standard InChI is InChI=1S/C12H12FN5/c1-7(11-14-4-5-15-11)16-12-17-9-3-2-8(13)6-10(9)18-12/h2-7H,1H3,(H,14,15)(H2,16,17,18). The minimum absolute atomic E-state index is 0.00888. The van der Waals surface area contributed by atoms with Crippen molar-refractivity contribution in [2.45, 2.75) is 13.0 Å². The van der Waals surface area contributed by atoms with Crippen molar-refractivity contribution in [3.8, 4) is 0 Å². The lowest BCUT2D eigenvalue weighted by atomic mass is 10.3. The first-order valence-electron chi connectivity index (χ1n) is 5.63. The van der Waals surface area contributed by atoms with Gasteiger partial charge in [0.25, 0.3) is 0 Å². The van der Waals surface area contributed by atoms with Crippen LogP contribution in [0.2, 0.25) is 0 Å². The van der Waals surface area contributed by atoms with Crippen LogP contribution in [0.4, 0.5) is 10.3 Å². The molecule has 0 aliphatic heterocycles. The van der Waals surface area contributed by atoms with Gasteiger partial charge in [-0.2, -0.15) is 0 Å². The van der Waals surface area contributed by atoms with Gasteiger partial charge in [-0.1, -0.05) is 0 Å². The molecule has 18 heavy (non-hydrogen) atoms. The van der Waals surface area contributed by atoms with Crippen LogP contribution >= 0.6 is 0 Å². The van der Waals surface area contributed by atoms with Gasteiger partial charge in [-0.3, -0.25) is 0 Å². The number of hydrogen-bond donors (Lipinski definition) is 3. The van der Waals surface area contributed by atoms with Gasteiger partial charge in [0, 0.05) is 12.4 Å². The quantitative estimate of drug-likeness (QED) is 0.664. The van der Waals surface area contributed by atoms with E-state index in [0.717, 1.165) is 11.3 Å². The van der Waals surface area contributed by atoms with Crippen LogP contribution in [0, 0.1) is 5.82 Å². The lowest BCUT2D eigenvalue weighted by Crippen LogP contribution is -2.09. The fourth-order valence-corrected chi connectivity index (χ4v) is 1.84. The van der Waals surface area contributed by atoms with Crippen molar-refractivity contribution in [1.29, 1.82) is 0 Å². The molecule has 5 nitrogen and oxygen atoms in total. The van der Waals surface area contributed by atoms with E-state index in [2.05, 4.69) is 25.3 Å². The van der Waals surface area contributed by atoms with E-state index in [0.29, 0.717) is 11.5 Å². The van der Waals surface area contributed by atoms with Crippen LogP contribution < -0.4 is 5.32 Å². The van der Waals surface area contributed by atoms with Gasteiger partial charge in [-0.05, 0) is 25.1 Å². The molecule has 0 fully saturated rings. The zero-order chi connectivity index (χ0) is 12.5. The minimum atomic E-state index is -0.281. The number of fused-ring (bicyclic) bond motifs is 1. The number of nitrogens with zero attached hydrogens (tertiary/aromatic N) is 2. The first kappa shape index (κ1) is 10.8. The summed E-state index contributed by atoms with van der Waals surface area (Å²) in [6.45, 7) is 1.96. The molecule has 2 aromatic heterocycles. The fraction of sp³-hybridized carbons (Fsp3) is 0.167. The second kappa shape index (κ2) is 4.14. The van der Waals surface area contributed by atoms with Crippen LogP contribution in [0.25, 0.3) is 11.0 Å². The number of nitrogens with one attached hydrogen (secondary N) is 3. The summed E-state index contributed by atoms with van der Waals surface area (Å²) in [5.41, 5.74) is 1.40. The maximum absolute atomic E-state index is 13.0. The molecule has 6 heteroatoms. The van der Waals surface area contributed by atoms with Crippen LogP contribution in [-0.4, -0.2) is 19.9 Å². The molecule has 3 aromatic rings. The number of rotatable bonds is 3. The number of aromatic nitrogens is 4. The molecule has 0 radical (unpaired) electrons. The van der Waals surface area contributed by atoms with Gasteiger partial charge in [0.2, 0.25) is 5.95 Å². The van der Waals surface area contributed by atoms with Crippen molar-refractivity contribution in [3.05, 3.63) is 42.2 Å². The molecule has 0 aliphatic carbocycles. The van der Waals surface area contributed by atoms with Crippen molar-refractivity contribution in [2.24, 2.45) is 0 Å². The minimum Gasteiger partial charge on any atom is -0.347 e. The summed E-state index contributed by atoms with van der Waals surface area (Å²) >= 11 is 0. The van der Waals surface area contributed by atoms with Gasteiger partial charge in [-0.25, -0.2) is 14.4 Å². The number of anilines is 1. The normalized spacial score (nSPS) is 12.8. The molecule has 0 saturated carbocycles. The number of imidazole rings is 2. The lowest BCUT2D eigenvalue weighted by Gasteiger charge is -2.09. The zero-order valence-electron chi connectivity index (χ0n) is 9.74. The Morgan fingerprint density at radius 3 is 3.06 bits per heavy atom. The Hall–Kier alpha value is -2.37. The highest BCUT2D eigenvalue weighted by molar-refractivity contribution is 5.77. The van der Waals surface area contributed by atoms with Crippen LogP contribution in [0.1, 0.15) is 18.8 Å². The fourth-order valence-electron chi connectivity index (χ4n) is 1.84. The van der Waals surface area contributed by atoms with Gasteiger partial charge in [0.05, 0.1) is 17.1 Å². The van der Waals surface area contributed by atoms with Crippen molar-refractivity contribution in [2.75, 3.05) is 5.32 Å². The van der Waals surface area contributed by atoms with E-state index in [1.165, 1.54) is 12.1 Å². The molecule has 1 aromatic carbocycles. The molecule has 1 unspecified atom stereocenters. The largest absolute Gasteiger partial charge is 0.347 e. The maximum atomic E-state index is 13.0. The second-order valence-corrected chi connectivity index (χ2v) is 4.09. The lowest BCUT2D eigenvalue weighted by molar-refractivity contribution is 0.629. The predicted octanol–water partition coefficient (Wildman–Crippen LogP) is 2.60. The monoisotopic (exact) mass is 245 g/mol. The van der Waals surface area contributed by atoms with Crippen molar-refractivity contribution < 1.29 is 4.39 Å². The summed E-state index contributed by atoms with van der Waals surface area (Å²) < 4.78 is 13.0. The predicted molar refractivity (Wildman–Crippen MR) is 66.7 cm³/mol. The molecule has 2 heterocycles. The Kier molecular flexibility index (Phi) is 2.47. The van der Waals surface area contributed by atoms with E-state index < -0.39 is 0 Å². The SMILES string of the molecule is CC(Nc1nc2ccc(F)cc2[nH]1)c1ncc[nH]1. The second-order valence-electron chi connectivity index (χ2n) is 4.09. The third-order valence-electron chi connectivity index (χ3n) is 2.73. The highest BCUT2D eigenvalue weighted by Gasteiger charge is 2.10. The summed E-state index contributed by atoms with van der Waals surface area (Å²) in [5, 5.41) is 3.17. The number of aromatic amines is 2. The van der Waals surface area contributed by atoms with Crippen LogP contribution in [0.15, 0.2) is 30.6 Å². The van der Waals surface area contributed by atoms with Gasteiger partial charge in [0.15, 0.2) is 0 Å². The summed E-state index contributed by atoms with van der Waals surface area (Å²) in [7, 11) is 0. The van der Waals surface area contributed by atoms with Crippen LogP contribution in [-0.2, 0) is 0 Å². The Labute approximate surface area is 102 Å². The van der Waals surface area contributed by atoms with Crippen molar-refractivity contribution in [1.82, 2.24) is 19.9 Å². The highest BCUT2D eigenvalue weighted by Crippen LogP contribution is 2.18. The highest BCUT2D eigenvalue weighted by atomic mass is 19.1. The Morgan fingerprint density at radius 2 is 2.28 bits per heavy atom. The topological polar surface area (TPSA) is 69.4 Å². The van der Waals surface area contributed by atoms with E-state index >= 15 is 0 Å². The first-order chi connectivity index (χ1) is 8.72. The molecule has 0 saturated heterocycles. The van der Waals surface area contributed by atoms with Gasteiger partial charge >= 0.3 is 0 Å². The molecule has 0 aliphatic rings. The molecule has 0 spiro atoms. The number of hydrogen-bond acceptors (Lipinski definition) is 3. The third-order valence-corrected chi connectivity index (χ3v) is 2.73. The van der Waals surface area contributed by atoms with E-state index in [-0.39, 0.29) is 11.9 Å². The Morgan fingerprint density at radius 1 is 1.39 bits per heavy atom.